The molecule has 5 nitrogen and oxygen atoms in total. The molecule has 0 aliphatic rings. The molecule has 1 N–H and O–H groups in total. The second-order valence-electron chi connectivity index (χ2n) is 5.85. The van der Waals surface area contributed by atoms with Crippen LogP contribution in [-0.2, 0) is 19.6 Å². The van der Waals surface area contributed by atoms with Crippen molar-refractivity contribution >= 4 is 16.1 Å². The highest BCUT2D eigenvalue weighted by Gasteiger charge is 2.31. The molecule has 0 aliphatic heterocycles. The van der Waals surface area contributed by atoms with Gasteiger partial charge >= 0.3 is 5.97 Å². The maximum Gasteiger partial charge on any atom is 0.326 e. The van der Waals surface area contributed by atoms with Crippen molar-refractivity contribution in [2.45, 2.75) is 89.2 Å². The van der Waals surface area contributed by atoms with Gasteiger partial charge in [0.15, 0.2) is 5.25 Å². The second kappa shape index (κ2) is 12.9. The molecular weight excluding hydrogens is 304 g/mol. The van der Waals surface area contributed by atoms with Crippen LogP contribution in [0.5, 0.6) is 0 Å². The van der Waals surface area contributed by atoms with E-state index >= 15 is 0 Å². The molecule has 1 unspecified atom stereocenters. The summed E-state index contributed by atoms with van der Waals surface area (Å²) < 4.78 is 35.6. The van der Waals surface area contributed by atoms with Gasteiger partial charge in [0.1, 0.15) is 0 Å². The lowest BCUT2D eigenvalue weighted by atomic mass is 10.0. The normalized spacial score (nSPS) is 13.0. The molecule has 0 aromatic heterocycles. The molecule has 0 aromatic carbocycles. The quantitative estimate of drug-likeness (QED) is 0.293. The summed E-state index contributed by atoms with van der Waals surface area (Å²) >= 11 is 0. The summed E-state index contributed by atoms with van der Waals surface area (Å²) in [5.74, 6) is -0.880. The molecular formula is C16H32O5S. The summed E-state index contributed by atoms with van der Waals surface area (Å²) in [6, 6.07) is 0. The third kappa shape index (κ3) is 11.0. The second-order valence-corrected chi connectivity index (χ2v) is 7.45. The number of methoxy groups -OCH3 is 1. The summed E-state index contributed by atoms with van der Waals surface area (Å²) in [6.45, 7) is 2.22. The number of hydrogen-bond acceptors (Lipinski definition) is 4. The van der Waals surface area contributed by atoms with Crippen LogP contribution in [0.4, 0.5) is 0 Å². The summed E-state index contributed by atoms with van der Waals surface area (Å²) in [5.41, 5.74) is 0. The van der Waals surface area contributed by atoms with E-state index in [9.17, 15) is 13.2 Å². The fraction of sp³-hybridized carbons (Fsp3) is 0.938. The average Bonchev–Trinajstić information content (AvgIpc) is 2.46. The lowest BCUT2D eigenvalue weighted by Gasteiger charge is -2.11. The highest BCUT2D eigenvalue weighted by Crippen LogP contribution is 2.15. The van der Waals surface area contributed by atoms with Crippen LogP contribution in [-0.4, -0.2) is 31.3 Å². The van der Waals surface area contributed by atoms with Crippen LogP contribution in [0.15, 0.2) is 0 Å². The first-order chi connectivity index (χ1) is 10.4. The van der Waals surface area contributed by atoms with Crippen molar-refractivity contribution in [3.8, 4) is 0 Å². The van der Waals surface area contributed by atoms with Crippen LogP contribution >= 0.6 is 0 Å². The Morgan fingerprint density at radius 3 is 1.68 bits per heavy atom. The lowest BCUT2D eigenvalue weighted by molar-refractivity contribution is -0.140. The Balaban J connectivity index is 3.61. The molecule has 22 heavy (non-hydrogen) atoms. The number of esters is 1. The van der Waals surface area contributed by atoms with Gasteiger partial charge in [0, 0.05) is 0 Å². The van der Waals surface area contributed by atoms with E-state index in [0.29, 0.717) is 6.42 Å². The van der Waals surface area contributed by atoms with Crippen LogP contribution in [0.1, 0.15) is 84.0 Å². The molecule has 0 bridgehead atoms. The molecule has 0 aliphatic carbocycles. The van der Waals surface area contributed by atoms with E-state index in [1.54, 1.807) is 0 Å². The first-order valence-corrected chi connectivity index (χ1v) is 9.98. The molecule has 0 radical (unpaired) electrons. The van der Waals surface area contributed by atoms with E-state index in [1.807, 2.05) is 0 Å². The van der Waals surface area contributed by atoms with Crippen LogP contribution in [0.2, 0.25) is 0 Å². The number of ether oxygens (including phenoxy) is 1. The van der Waals surface area contributed by atoms with Crippen molar-refractivity contribution in [2.75, 3.05) is 7.11 Å². The predicted octanol–water partition coefficient (Wildman–Crippen LogP) is 4.12. The molecule has 0 fully saturated rings. The summed E-state index contributed by atoms with van der Waals surface area (Å²) in [6.07, 6.45) is 12.8. The van der Waals surface area contributed by atoms with Crippen LogP contribution < -0.4 is 0 Å². The van der Waals surface area contributed by atoms with Crippen molar-refractivity contribution in [1.82, 2.24) is 0 Å². The number of rotatable bonds is 14. The first-order valence-electron chi connectivity index (χ1n) is 8.47. The Hall–Kier alpha value is -0.620. The highest BCUT2D eigenvalue weighted by molar-refractivity contribution is 7.87. The largest absolute Gasteiger partial charge is 0.468 e. The third-order valence-corrected chi connectivity index (χ3v) is 5.04. The van der Waals surface area contributed by atoms with E-state index in [1.165, 1.54) is 44.9 Å². The Labute approximate surface area is 135 Å². The standard InChI is InChI=1S/C16H32O5S/c1-3-4-5-6-7-8-9-10-11-12-13-14-15(16(17)21-2)22(18,19)20/h15H,3-14H2,1-2H3,(H,18,19,20). The smallest absolute Gasteiger partial charge is 0.326 e. The molecule has 0 rings (SSSR count). The van der Waals surface area contributed by atoms with E-state index in [0.717, 1.165) is 26.4 Å². The van der Waals surface area contributed by atoms with Crippen molar-refractivity contribution in [2.24, 2.45) is 0 Å². The van der Waals surface area contributed by atoms with Crippen LogP contribution in [0.25, 0.3) is 0 Å². The van der Waals surface area contributed by atoms with Gasteiger partial charge in [-0.15, -0.1) is 0 Å². The third-order valence-electron chi connectivity index (χ3n) is 3.89. The number of unbranched alkanes of at least 4 members (excludes halogenated alkanes) is 10. The summed E-state index contributed by atoms with van der Waals surface area (Å²) in [4.78, 5) is 11.3. The minimum Gasteiger partial charge on any atom is -0.468 e. The zero-order valence-corrected chi connectivity index (χ0v) is 14.9. The molecule has 0 amide bonds. The summed E-state index contributed by atoms with van der Waals surface area (Å²) in [5, 5.41) is -1.43. The predicted molar refractivity (Wildman–Crippen MR) is 88.4 cm³/mol. The van der Waals surface area contributed by atoms with Gasteiger partial charge in [-0.25, -0.2) is 0 Å². The SMILES string of the molecule is CCCCCCCCCCCCCC(C(=O)OC)S(=O)(=O)O. The molecule has 0 heterocycles. The molecule has 132 valence electrons. The minimum atomic E-state index is -4.36. The van der Waals surface area contributed by atoms with Gasteiger partial charge in [0.2, 0.25) is 0 Å². The monoisotopic (exact) mass is 336 g/mol. The van der Waals surface area contributed by atoms with Crippen LogP contribution in [0, 0.1) is 0 Å². The van der Waals surface area contributed by atoms with Gasteiger partial charge in [-0.05, 0) is 6.42 Å². The van der Waals surface area contributed by atoms with Crippen molar-refractivity contribution in [1.29, 1.82) is 0 Å². The molecule has 6 heteroatoms. The Morgan fingerprint density at radius 1 is 0.909 bits per heavy atom. The first kappa shape index (κ1) is 21.4. The molecule has 0 aromatic rings. The zero-order valence-electron chi connectivity index (χ0n) is 14.1. The molecule has 1 atom stereocenters. The van der Waals surface area contributed by atoms with E-state index in [4.69, 9.17) is 4.55 Å². The highest BCUT2D eigenvalue weighted by atomic mass is 32.2. The van der Waals surface area contributed by atoms with E-state index in [2.05, 4.69) is 11.7 Å². The Morgan fingerprint density at radius 2 is 1.32 bits per heavy atom. The van der Waals surface area contributed by atoms with Crippen molar-refractivity contribution in [3.05, 3.63) is 0 Å². The fourth-order valence-corrected chi connectivity index (χ4v) is 3.32. The van der Waals surface area contributed by atoms with Gasteiger partial charge in [0.25, 0.3) is 10.1 Å². The topological polar surface area (TPSA) is 80.7 Å². The number of hydrogen-bond donors (Lipinski definition) is 1. The van der Waals surface area contributed by atoms with Gasteiger partial charge in [0.05, 0.1) is 7.11 Å². The molecule has 0 saturated carbocycles. The maximum absolute atomic E-state index is 11.3. The zero-order chi connectivity index (χ0) is 16.8. The number of carbonyl (C=O) groups excluding carboxylic acids is 1. The average molecular weight is 336 g/mol. The Kier molecular flexibility index (Phi) is 12.5. The van der Waals surface area contributed by atoms with E-state index in [-0.39, 0.29) is 6.42 Å². The van der Waals surface area contributed by atoms with E-state index < -0.39 is 21.3 Å². The number of carbonyl (C=O) groups is 1. The van der Waals surface area contributed by atoms with Gasteiger partial charge < -0.3 is 4.74 Å². The van der Waals surface area contributed by atoms with Crippen molar-refractivity contribution < 1.29 is 22.5 Å². The van der Waals surface area contributed by atoms with Gasteiger partial charge in [-0.1, -0.05) is 77.6 Å². The van der Waals surface area contributed by atoms with Gasteiger partial charge in [-0.2, -0.15) is 8.42 Å². The van der Waals surface area contributed by atoms with Crippen LogP contribution in [0.3, 0.4) is 0 Å². The summed E-state index contributed by atoms with van der Waals surface area (Å²) in [7, 11) is -3.24. The van der Waals surface area contributed by atoms with Crippen molar-refractivity contribution in [3.63, 3.8) is 0 Å². The fourth-order valence-electron chi connectivity index (χ4n) is 2.51. The lowest BCUT2D eigenvalue weighted by Crippen LogP contribution is -2.30. The minimum absolute atomic E-state index is 0.128. The maximum atomic E-state index is 11.3. The van der Waals surface area contributed by atoms with Gasteiger partial charge in [-0.3, -0.25) is 9.35 Å². The molecule has 0 spiro atoms. The molecule has 0 saturated heterocycles. The Bertz CT molecular complexity index is 378.